The molecular weight excluding hydrogens is 538 g/mol. The third-order valence-electron chi connectivity index (χ3n) is 6.31. The van der Waals surface area contributed by atoms with Gasteiger partial charge in [0.1, 0.15) is 18.3 Å². The van der Waals surface area contributed by atoms with Crippen molar-refractivity contribution in [3.63, 3.8) is 0 Å². The number of nitrogens with zero attached hydrogens (tertiary/aromatic N) is 2. The molecule has 0 radical (unpaired) electrons. The highest BCUT2D eigenvalue weighted by molar-refractivity contribution is 7.92. The largest absolute Gasteiger partial charge is 0.495 e. The Balaban J connectivity index is 2.09. The van der Waals surface area contributed by atoms with Gasteiger partial charge in [0.25, 0.3) is 0 Å². The Morgan fingerprint density at radius 2 is 1.69 bits per heavy atom. The van der Waals surface area contributed by atoms with E-state index in [1.165, 1.54) is 18.1 Å². The lowest BCUT2D eigenvalue weighted by Crippen LogP contribution is -2.53. The monoisotopic (exact) mass is 571 g/mol. The highest BCUT2D eigenvalue weighted by Crippen LogP contribution is 2.33. The van der Waals surface area contributed by atoms with Crippen molar-refractivity contribution < 1.29 is 22.7 Å². The molecule has 2 amide bonds. The van der Waals surface area contributed by atoms with E-state index in [0.29, 0.717) is 6.54 Å². The van der Waals surface area contributed by atoms with Crippen LogP contribution >= 0.6 is 11.6 Å². The molecule has 3 aromatic rings. The Kier molecular flexibility index (Phi) is 10.4. The number of benzene rings is 3. The number of sulfonamides is 1. The zero-order valence-corrected chi connectivity index (χ0v) is 24.1. The van der Waals surface area contributed by atoms with E-state index in [4.69, 9.17) is 16.3 Å². The first-order chi connectivity index (χ1) is 18.5. The second-order valence-electron chi connectivity index (χ2n) is 9.13. The fraction of sp³-hybridized carbons (Fsp3) is 0.310. The maximum absolute atomic E-state index is 14.1. The van der Waals surface area contributed by atoms with Crippen molar-refractivity contribution in [2.75, 3.05) is 30.8 Å². The minimum atomic E-state index is -3.95. The number of ether oxygens (including phenoxy) is 1. The number of aryl methyl sites for hydroxylation is 1. The molecule has 0 saturated carbocycles. The molecule has 0 spiro atoms. The molecule has 8 nitrogen and oxygen atoms in total. The lowest BCUT2D eigenvalue weighted by Gasteiger charge is -2.34. The van der Waals surface area contributed by atoms with Crippen molar-refractivity contribution in [1.82, 2.24) is 10.2 Å². The second-order valence-corrected chi connectivity index (χ2v) is 11.5. The van der Waals surface area contributed by atoms with Gasteiger partial charge in [-0.15, -0.1) is 0 Å². The molecule has 0 aliphatic heterocycles. The van der Waals surface area contributed by atoms with Crippen LogP contribution in [0.2, 0.25) is 5.02 Å². The number of methoxy groups -OCH3 is 1. The van der Waals surface area contributed by atoms with Crippen LogP contribution in [-0.2, 0) is 32.6 Å². The fourth-order valence-electron chi connectivity index (χ4n) is 4.27. The third-order valence-corrected chi connectivity index (χ3v) is 7.67. The van der Waals surface area contributed by atoms with Crippen LogP contribution in [0.1, 0.15) is 23.6 Å². The number of anilines is 1. The predicted octanol–water partition coefficient (Wildman–Crippen LogP) is 4.20. The molecule has 0 aromatic heterocycles. The number of rotatable bonds is 12. The Bertz CT molecular complexity index is 1400. The van der Waals surface area contributed by atoms with E-state index in [1.54, 1.807) is 12.1 Å². The predicted molar refractivity (Wildman–Crippen MR) is 155 cm³/mol. The van der Waals surface area contributed by atoms with Gasteiger partial charge < -0.3 is 15.0 Å². The number of halogens is 1. The van der Waals surface area contributed by atoms with Crippen molar-refractivity contribution in [2.45, 2.75) is 32.9 Å². The van der Waals surface area contributed by atoms with Crippen molar-refractivity contribution in [3.8, 4) is 5.75 Å². The lowest BCUT2D eigenvalue weighted by molar-refractivity contribution is -0.140. The van der Waals surface area contributed by atoms with E-state index in [2.05, 4.69) is 5.32 Å². The summed E-state index contributed by atoms with van der Waals surface area (Å²) in [5.41, 5.74) is 2.79. The molecule has 1 unspecified atom stereocenters. The molecule has 3 rings (SSSR count). The van der Waals surface area contributed by atoms with E-state index in [9.17, 15) is 18.0 Å². The van der Waals surface area contributed by atoms with Crippen LogP contribution in [0.4, 0.5) is 5.69 Å². The highest BCUT2D eigenvalue weighted by atomic mass is 35.5. The van der Waals surface area contributed by atoms with Crippen molar-refractivity contribution in [1.29, 1.82) is 0 Å². The molecule has 0 aliphatic rings. The van der Waals surface area contributed by atoms with Crippen LogP contribution in [0.25, 0.3) is 0 Å². The summed E-state index contributed by atoms with van der Waals surface area (Å²) in [5, 5.41) is 3.13. The van der Waals surface area contributed by atoms with Crippen molar-refractivity contribution in [2.24, 2.45) is 0 Å². The Labute approximate surface area is 235 Å². The number of nitrogens with one attached hydrogen (secondary N) is 1. The summed E-state index contributed by atoms with van der Waals surface area (Å²) < 4.78 is 32.2. The van der Waals surface area contributed by atoms with Crippen LogP contribution in [0.5, 0.6) is 5.75 Å². The number of carbonyl (C=O) groups excluding carboxylic acids is 2. The quantitative estimate of drug-likeness (QED) is 0.351. The molecule has 0 bridgehead atoms. The fourth-order valence-corrected chi connectivity index (χ4v) is 5.28. The number of hydrogen-bond acceptors (Lipinski definition) is 5. The first kappa shape index (κ1) is 30.0. The molecular formula is C29H34ClN3O5S. The van der Waals surface area contributed by atoms with Gasteiger partial charge >= 0.3 is 0 Å². The van der Waals surface area contributed by atoms with Crippen LogP contribution in [0.3, 0.4) is 0 Å². The third kappa shape index (κ3) is 7.97. The van der Waals surface area contributed by atoms with Gasteiger partial charge in [-0.1, -0.05) is 66.2 Å². The maximum Gasteiger partial charge on any atom is 0.244 e. The summed E-state index contributed by atoms with van der Waals surface area (Å²) in [4.78, 5) is 28.9. The van der Waals surface area contributed by atoms with Gasteiger partial charge in [0.05, 0.1) is 19.1 Å². The molecule has 0 fully saturated rings. The second kappa shape index (κ2) is 13.5. The molecule has 1 N–H and O–H groups in total. The molecule has 3 aromatic carbocycles. The molecule has 0 saturated heterocycles. The van der Waals surface area contributed by atoms with Gasteiger partial charge in [-0.3, -0.25) is 13.9 Å². The number of hydrogen-bond donors (Lipinski definition) is 1. The van der Waals surface area contributed by atoms with Crippen LogP contribution in [0, 0.1) is 6.92 Å². The summed E-state index contributed by atoms with van der Waals surface area (Å²) in [6.45, 7) is 3.68. The SMILES string of the molecule is CCNC(=O)C(Cc1ccccc1)N(Cc1ccccc1C)C(=O)CN(c1cc(Cl)ccc1OC)S(C)(=O)=O. The Hall–Kier alpha value is -3.56. The summed E-state index contributed by atoms with van der Waals surface area (Å²) >= 11 is 6.18. The average molecular weight is 572 g/mol. The van der Waals surface area contributed by atoms with Crippen molar-refractivity contribution >= 4 is 39.1 Å². The molecule has 10 heteroatoms. The van der Waals surface area contributed by atoms with E-state index < -0.39 is 28.5 Å². The zero-order chi connectivity index (χ0) is 28.6. The van der Waals surface area contributed by atoms with E-state index in [1.807, 2.05) is 68.4 Å². The summed E-state index contributed by atoms with van der Waals surface area (Å²) in [7, 11) is -2.54. The first-order valence-electron chi connectivity index (χ1n) is 12.5. The normalized spacial score (nSPS) is 11.9. The minimum Gasteiger partial charge on any atom is -0.495 e. The van der Waals surface area contributed by atoms with Gasteiger partial charge in [0.15, 0.2) is 0 Å². The van der Waals surface area contributed by atoms with Gasteiger partial charge in [0, 0.05) is 24.5 Å². The molecule has 39 heavy (non-hydrogen) atoms. The number of likely N-dealkylation sites (N-methyl/N-ethyl adjacent to an activating group) is 1. The smallest absolute Gasteiger partial charge is 0.244 e. The summed E-state index contributed by atoms with van der Waals surface area (Å²) in [5.74, 6) is -0.625. The van der Waals surface area contributed by atoms with Crippen molar-refractivity contribution in [3.05, 3.63) is 94.5 Å². The van der Waals surface area contributed by atoms with Gasteiger partial charge in [-0.05, 0) is 48.7 Å². The highest BCUT2D eigenvalue weighted by Gasteiger charge is 2.33. The molecule has 0 aliphatic carbocycles. The standard InChI is InChI=1S/C29H34ClN3O5S/c1-5-31-29(35)26(17-22-12-7-6-8-13-22)32(19-23-14-10-9-11-21(23)2)28(34)20-33(39(4,36)37)25-18-24(30)15-16-27(25)38-3/h6-16,18,26H,5,17,19-20H2,1-4H3,(H,31,35). The molecule has 208 valence electrons. The van der Waals surface area contributed by atoms with Gasteiger partial charge in [0.2, 0.25) is 21.8 Å². The Morgan fingerprint density at radius 3 is 2.31 bits per heavy atom. The zero-order valence-electron chi connectivity index (χ0n) is 22.6. The summed E-state index contributed by atoms with van der Waals surface area (Å²) in [6, 6.07) is 20.6. The van der Waals surface area contributed by atoms with Gasteiger partial charge in [-0.2, -0.15) is 0 Å². The first-order valence-corrected chi connectivity index (χ1v) is 14.7. The van der Waals surface area contributed by atoms with Crippen LogP contribution in [0.15, 0.2) is 72.8 Å². The van der Waals surface area contributed by atoms with Crippen LogP contribution < -0.4 is 14.4 Å². The maximum atomic E-state index is 14.1. The van der Waals surface area contributed by atoms with Gasteiger partial charge in [-0.25, -0.2) is 8.42 Å². The Morgan fingerprint density at radius 1 is 1.03 bits per heavy atom. The molecule has 0 heterocycles. The van der Waals surface area contributed by atoms with E-state index in [0.717, 1.165) is 27.3 Å². The summed E-state index contributed by atoms with van der Waals surface area (Å²) in [6.07, 6.45) is 1.27. The van der Waals surface area contributed by atoms with E-state index >= 15 is 0 Å². The average Bonchev–Trinajstić information content (AvgIpc) is 2.90. The number of amides is 2. The van der Waals surface area contributed by atoms with E-state index in [-0.39, 0.29) is 35.3 Å². The topological polar surface area (TPSA) is 96.0 Å². The lowest BCUT2D eigenvalue weighted by atomic mass is 10.0. The van der Waals surface area contributed by atoms with Crippen LogP contribution in [-0.4, -0.2) is 57.6 Å². The minimum absolute atomic E-state index is 0.115. The number of carbonyl (C=O) groups is 2. The molecule has 1 atom stereocenters.